The number of hydrogen-bond acceptors (Lipinski definition) is 8. The predicted molar refractivity (Wildman–Crippen MR) is 202 cm³/mol. The predicted octanol–water partition coefficient (Wildman–Crippen LogP) is 9.21. The minimum Gasteiger partial charge on any atom is -0.425 e. The molecule has 8 nitrogen and oxygen atoms in total. The number of nitrogens with zero attached hydrogens (tertiary/aromatic N) is 4. The van der Waals surface area contributed by atoms with E-state index in [1.165, 1.54) is 89.9 Å². The lowest BCUT2D eigenvalue weighted by molar-refractivity contribution is -0.164. The van der Waals surface area contributed by atoms with Crippen LogP contribution in [0.5, 0.6) is 0 Å². The van der Waals surface area contributed by atoms with Crippen LogP contribution in [0.1, 0.15) is 134 Å². The maximum atomic E-state index is 14.0. The fourth-order valence-electron chi connectivity index (χ4n) is 6.81. The SMILES string of the molecule is CCCCCCCCCCCCCCCCCCCC(=O)OC(C)OC(=O)N1C(N2CCN(C)CC2)=c2cc(C)sc2=Nc2ccccc21. The van der Waals surface area contributed by atoms with Crippen molar-refractivity contribution < 1.29 is 19.1 Å². The van der Waals surface area contributed by atoms with Gasteiger partial charge in [-0.25, -0.2) is 14.7 Å². The Morgan fingerprint density at radius 2 is 1.35 bits per heavy atom. The summed E-state index contributed by atoms with van der Waals surface area (Å²) >= 11 is 1.62. The van der Waals surface area contributed by atoms with Gasteiger partial charge in [0.2, 0.25) is 6.29 Å². The van der Waals surface area contributed by atoms with Crippen LogP contribution < -0.4 is 14.8 Å². The first-order valence-corrected chi connectivity index (χ1v) is 20.1. The Bertz CT molecular complexity index is 1420. The largest absolute Gasteiger partial charge is 0.425 e. The average molecular weight is 695 g/mol. The number of amides is 1. The number of ether oxygens (including phenoxy) is 2. The van der Waals surface area contributed by atoms with Crippen molar-refractivity contribution in [2.24, 2.45) is 4.99 Å². The van der Waals surface area contributed by atoms with Gasteiger partial charge >= 0.3 is 12.1 Å². The first-order chi connectivity index (χ1) is 23.9. The van der Waals surface area contributed by atoms with Crippen LogP contribution in [0, 0.1) is 6.92 Å². The molecule has 2 aromatic rings. The zero-order chi connectivity index (χ0) is 34.8. The quantitative estimate of drug-likeness (QED) is 0.0737. The van der Waals surface area contributed by atoms with Crippen molar-refractivity contribution in [3.63, 3.8) is 0 Å². The van der Waals surface area contributed by atoms with Crippen LogP contribution >= 0.6 is 11.3 Å². The lowest BCUT2D eigenvalue weighted by atomic mass is 10.0. The third-order valence-electron chi connectivity index (χ3n) is 9.67. The number of anilines is 1. The van der Waals surface area contributed by atoms with Crippen molar-refractivity contribution >= 4 is 40.6 Å². The topological polar surface area (TPSA) is 74.7 Å². The molecule has 272 valence electrons. The zero-order valence-electron chi connectivity index (χ0n) is 30.9. The summed E-state index contributed by atoms with van der Waals surface area (Å²) in [7, 11) is 2.11. The number of rotatable bonds is 21. The normalized spacial score (nSPS) is 15.3. The molecule has 0 bridgehead atoms. The second kappa shape index (κ2) is 21.3. The van der Waals surface area contributed by atoms with Gasteiger partial charge in [-0.15, -0.1) is 11.3 Å². The highest BCUT2D eigenvalue weighted by Crippen LogP contribution is 2.34. The Labute approximate surface area is 299 Å². The van der Waals surface area contributed by atoms with Crippen molar-refractivity contribution in [3.05, 3.63) is 45.1 Å². The molecule has 4 rings (SSSR count). The number of unbranched alkanes of at least 4 members (excludes halogenated alkanes) is 16. The van der Waals surface area contributed by atoms with Gasteiger partial charge in [-0.2, -0.15) is 0 Å². The summed E-state index contributed by atoms with van der Waals surface area (Å²) in [5, 5.41) is 0.920. The first-order valence-electron chi connectivity index (χ1n) is 19.3. The highest BCUT2D eigenvalue weighted by Gasteiger charge is 2.33. The van der Waals surface area contributed by atoms with Gasteiger partial charge in [0.1, 0.15) is 10.5 Å². The molecule has 49 heavy (non-hydrogen) atoms. The van der Waals surface area contributed by atoms with Crippen LogP contribution in [0.15, 0.2) is 35.3 Å². The van der Waals surface area contributed by atoms with E-state index in [-0.39, 0.29) is 5.97 Å². The third-order valence-corrected chi connectivity index (χ3v) is 10.6. The molecule has 2 aliphatic rings. The zero-order valence-corrected chi connectivity index (χ0v) is 31.7. The highest BCUT2D eigenvalue weighted by molar-refractivity contribution is 7.09. The van der Waals surface area contributed by atoms with E-state index in [0.717, 1.165) is 66.0 Å². The van der Waals surface area contributed by atoms with Crippen LogP contribution in [0.2, 0.25) is 0 Å². The van der Waals surface area contributed by atoms with E-state index >= 15 is 0 Å². The van der Waals surface area contributed by atoms with Crippen LogP contribution in [0.4, 0.5) is 16.2 Å². The Morgan fingerprint density at radius 3 is 1.94 bits per heavy atom. The molecule has 1 aromatic heterocycles. The Hall–Kier alpha value is -2.91. The molecule has 0 spiro atoms. The second-order valence-corrected chi connectivity index (χ2v) is 15.2. The van der Waals surface area contributed by atoms with Crippen molar-refractivity contribution in [2.45, 2.75) is 143 Å². The van der Waals surface area contributed by atoms with Gasteiger partial charge in [-0.05, 0) is 38.6 Å². The van der Waals surface area contributed by atoms with E-state index in [1.54, 1.807) is 23.2 Å². The molecule has 1 unspecified atom stereocenters. The second-order valence-electron chi connectivity index (χ2n) is 14.0. The Morgan fingerprint density at radius 1 is 0.796 bits per heavy atom. The van der Waals surface area contributed by atoms with Gasteiger partial charge in [0.15, 0.2) is 0 Å². The molecular weight excluding hydrogens is 633 g/mol. The molecule has 3 heterocycles. The number of thiophene rings is 1. The fourth-order valence-corrected chi connectivity index (χ4v) is 7.69. The number of carbonyl (C=O) groups is 2. The van der Waals surface area contributed by atoms with Gasteiger partial charge in [-0.1, -0.05) is 122 Å². The number of hydrogen-bond donors (Lipinski definition) is 0. The number of para-hydroxylation sites is 2. The number of fused-ring (bicyclic) bond motifs is 2. The van der Waals surface area contributed by atoms with E-state index in [9.17, 15) is 9.59 Å². The molecule has 9 heteroatoms. The lowest BCUT2D eigenvalue weighted by Crippen LogP contribution is -2.51. The lowest BCUT2D eigenvalue weighted by Gasteiger charge is -2.39. The van der Waals surface area contributed by atoms with E-state index in [0.29, 0.717) is 17.8 Å². The van der Waals surface area contributed by atoms with Crippen LogP contribution in [0.3, 0.4) is 0 Å². The summed E-state index contributed by atoms with van der Waals surface area (Å²) in [5.41, 5.74) is 1.36. The molecule has 0 saturated carbocycles. The molecule has 0 N–H and O–H groups in total. The molecule has 1 atom stereocenters. The Kier molecular flexibility index (Phi) is 16.9. The number of benzene rings is 1. The fraction of sp³-hybridized carbons (Fsp3) is 0.675. The number of esters is 1. The average Bonchev–Trinajstić information content (AvgIpc) is 3.38. The van der Waals surface area contributed by atoms with Gasteiger partial charge in [0, 0.05) is 44.4 Å². The first kappa shape index (κ1) is 38.9. The number of likely N-dealkylation sites (N-methyl/N-ethyl adjacent to an activating group) is 1. The van der Waals surface area contributed by atoms with Crippen LogP contribution in [0.25, 0.3) is 5.82 Å². The number of piperazine rings is 1. The van der Waals surface area contributed by atoms with E-state index in [1.807, 2.05) is 24.3 Å². The maximum absolute atomic E-state index is 14.0. The minimum absolute atomic E-state index is 0.327. The van der Waals surface area contributed by atoms with Gasteiger partial charge in [-0.3, -0.25) is 4.79 Å². The highest BCUT2D eigenvalue weighted by atomic mass is 32.1. The molecule has 1 aromatic carbocycles. The molecule has 1 amide bonds. The van der Waals surface area contributed by atoms with Gasteiger partial charge < -0.3 is 19.3 Å². The van der Waals surface area contributed by atoms with Crippen molar-refractivity contribution in [3.8, 4) is 0 Å². The van der Waals surface area contributed by atoms with Gasteiger partial charge in [0.05, 0.1) is 16.6 Å². The van der Waals surface area contributed by atoms with E-state index in [2.05, 4.69) is 36.8 Å². The van der Waals surface area contributed by atoms with Crippen molar-refractivity contribution in [1.82, 2.24) is 9.80 Å². The summed E-state index contributed by atoms with van der Waals surface area (Å²) in [6.45, 7) is 9.28. The summed E-state index contributed by atoms with van der Waals surface area (Å²) in [4.78, 5) is 38.9. The molecule has 1 saturated heterocycles. The maximum Gasteiger partial charge on any atom is 0.423 e. The third kappa shape index (κ3) is 12.7. The van der Waals surface area contributed by atoms with Gasteiger partial charge in [0.25, 0.3) is 0 Å². The summed E-state index contributed by atoms with van der Waals surface area (Å²) in [6.07, 6.45) is 20.8. The minimum atomic E-state index is -1.00. The monoisotopic (exact) mass is 694 g/mol. The molecule has 2 aliphatic heterocycles. The molecular formula is C40H62N4O4S. The molecule has 0 radical (unpaired) electrons. The standard InChI is InChI=1S/C40H62N4O4S/c1-5-6-7-8-9-10-11-12-13-14-15-16-17-18-19-20-21-26-37(45)47-33(3)48-40(46)44-36-25-23-22-24-35(36)41-38-34(31-32(2)49-38)39(44)43-29-27-42(4)28-30-43/h22-25,31,33H,5-21,26-30H2,1-4H3. The van der Waals surface area contributed by atoms with Crippen molar-refractivity contribution in [1.29, 1.82) is 0 Å². The summed E-state index contributed by atoms with van der Waals surface area (Å²) in [6, 6.07) is 9.75. The van der Waals surface area contributed by atoms with Crippen molar-refractivity contribution in [2.75, 3.05) is 38.1 Å². The smallest absolute Gasteiger partial charge is 0.423 e. The van der Waals surface area contributed by atoms with Crippen LogP contribution in [-0.2, 0) is 14.3 Å². The molecule has 1 fully saturated rings. The van der Waals surface area contributed by atoms with E-state index < -0.39 is 12.4 Å². The number of aryl methyl sites for hydroxylation is 1. The van der Waals surface area contributed by atoms with Crippen LogP contribution in [-0.4, -0.2) is 61.4 Å². The summed E-state index contributed by atoms with van der Waals surface area (Å²) in [5.74, 6) is 0.444. The van der Waals surface area contributed by atoms with E-state index in [4.69, 9.17) is 14.5 Å². The summed E-state index contributed by atoms with van der Waals surface area (Å²) < 4.78 is 12.3. The number of carbonyl (C=O) groups excluding carboxylic acids is 2. The molecule has 0 aliphatic carbocycles. The Balaban J connectivity index is 1.17.